The Balaban J connectivity index is 0.000000441. The summed E-state index contributed by atoms with van der Waals surface area (Å²) in [5, 5.41) is 6.12. The van der Waals surface area contributed by atoms with Crippen molar-refractivity contribution in [3.8, 4) is 67.3 Å². The number of rotatable bonds is 12. The van der Waals surface area contributed by atoms with Gasteiger partial charge < -0.3 is 9.88 Å². The molecule has 0 bridgehead atoms. The van der Waals surface area contributed by atoms with E-state index in [2.05, 4.69) is 282 Å². The summed E-state index contributed by atoms with van der Waals surface area (Å²) in [4.78, 5) is 9.33. The van der Waals surface area contributed by atoms with Crippen LogP contribution in [0.25, 0.3) is 100 Å². The van der Waals surface area contributed by atoms with Crippen LogP contribution < -0.4 is 5.32 Å². The summed E-state index contributed by atoms with van der Waals surface area (Å²) in [6, 6.07) is 94.9. The number of hydrogen-bond donors (Lipinski definition) is 1. The van der Waals surface area contributed by atoms with Gasteiger partial charge in [-0.1, -0.05) is 183 Å². The quantitative estimate of drug-likeness (QED) is 0.0980. The Bertz CT molecular complexity index is 4190. The van der Waals surface area contributed by atoms with Crippen molar-refractivity contribution in [2.45, 2.75) is 6.42 Å². The molecule has 0 unspecified atom stereocenters. The molecule has 5 heteroatoms. The minimum Gasteiger partial charge on any atom is -0.355 e. The Morgan fingerprint density at radius 1 is 0.385 bits per heavy atom. The van der Waals surface area contributed by atoms with Gasteiger partial charge >= 0.3 is 0 Å². The minimum atomic E-state index is 0.862. The van der Waals surface area contributed by atoms with Gasteiger partial charge in [0, 0.05) is 63.0 Å². The summed E-state index contributed by atoms with van der Waals surface area (Å²) in [6.07, 6.45) is 7.78. The SMILES string of the molecule is C=CC=C.C=CCc1ccccn1.c1ccc(Nc2ccccc2-c2cccc(-c3cc(-c4cccc(-c5nc6ccccc6n5-c5ccccc5)c4)cc(-c4ccc5c(c4)c4ccccc4n5-c4ccccc4)c3)c2)cc1. The van der Waals surface area contributed by atoms with Crippen LogP contribution in [-0.2, 0) is 6.42 Å². The van der Waals surface area contributed by atoms with Gasteiger partial charge in [-0.3, -0.25) is 9.55 Å². The Morgan fingerprint density at radius 3 is 1.58 bits per heavy atom. The smallest absolute Gasteiger partial charge is 0.145 e. The number of hydrogen-bond acceptors (Lipinski definition) is 3. The first-order chi connectivity index (χ1) is 38.6. The van der Waals surface area contributed by atoms with E-state index >= 15 is 0 Å². The zero-order valence-corrected chi connectivity index (χ0v) is 43.3. The standard InChI is InChI=1S/C61H42N4.C8H9N.C4H6/c1-4-22-50(23-5-1)62-56-30-12-10-28-53(56)45-20-16-18-42(36-45)47-38-48(43-19-17-21-46(37-43)61-63-57-31-13-15-33-60(57)65(61)52-26-8-3-9-27-52)40-49(39-47)44-34-35-59-55(41-44)54-29-11-14-32-58(54)64(59)51-24-6-2-7-25-51;1-2-5-8-6-3-4-7-9-8;1-3-4-2/h1-41,62H;2-4,6-7H,1,5H2;3-4H,1-2H2. The highest BCUT2D eigenvalue weighted by Gasteiger charge is 2.18. The lowest BCUT2D eigenvalue weighted by molar-refractivity contribution is 1.10. The third-order valence-corrected chi connectivity index (χ3v) is 13.7. The highest BCUT2D eigenvalue weighted by Crippen LogP contribution is 2.40. The van der Waals surface area contributed by atoms with Crippen molar-refractivity contribution < 1.29 is 0 Å². The van der Waals surface area contributed by atoms with E-state index < -0.39 is 0 Å². The van der Waals surface area contributed by atoms with E-state index in [1.807, 2.05) is 30.3 Å². The third-order valence-electron chi connectivity index (χ3n) is 13.7. The number of nitrogens with zero attached hydrogens (tertiary/aromatic N) is 4. The molecule has 0 fully saturated rings. The van der Waals surface area contributed by atoms with Gasteiger partial charge in [-0.25, -0.2) is 4.98 Å². The molecular formula is C73H57N5. The highest BCUT2D eigenvalue weighted by atomic mass is 15.1. The molecule has 0 saturated carbocycles. The average molecular weight is 1000 g/mol. The Labute approximate surface area is 456 Å². The Kier molecular flexibility index (Phi) is 15.0. The molecule has 10 aromatic carbocycles. The lowest BCUT2D eigenvalue weighted by Crippen LogP contribution is -1.97. The van der Waals surface area contributed by atoms with Crippen LogP contribution in [0.5, 0.6) is 0 Å². The van der Waals surface area contributed by atoms with E-state index in [0.29, 0.717) is 0 Å². The molecule has 0 amide bonds. The molecule has 1 N–H and O–H groups in total. The van der Waals surface area contributed by atoms with E-state index in [4.69, 9.17) is 4.98 Å². The molecule has 3 aromatic heterocycles. The Hall–Kier alpha value is -10.4. The molecule has 0 atom stereocenters. The van der Waals surface area contributed by atoms with Crippen LogP contribution in [0.4, 0.5) is 11.4 Å². The molecule has 13 aromatic rings. The van der Waals surface area contributed by atoms with Gasteiger partial charge in [-0.2, -0.15) is 0 Å². The van der Waals surface area contributed by atoms with Gasteiger partial charge in [0.05, 0.1) is 22.1 Å². The van der Waals surface area contributed by atoms with Crippen molar-refractivity contribution in [3.63, 3.8) is 0 Å². The minimum absolute atomic E-state index is 0.862. The highest BCUT2D eigenvalue weighted by molar-refractivity contribution is 6.10. The molecule has 5 nitrogen and oxygen atoms in total. The number of benzene rings is 10. The first kappa shape index (κ1) is 49.8. The number of nitrogens with one attached hydrogen (secondary N) is 1. The summed E-state index contributed by atoms with van der Waals surface area (Å²) < 4.78 is 4.65. The second kappa shape index (κ2) is 23.5. The largest absolute Gasteiger partial charge is 0.355 e. The summed E-state index contributed by atoms with van der Waals surface area (Å²) in [7, 11) is 0. The normalized spacial score (nSPS) is 10.8. The van der Waals surface area contributed by atoms with Gasteiger partial charge in [0.25, 0.3) is 0 Å². The lowest BCUT2D eigenvalue weighted by Gasteiger charge is -2.15. The maximum atomic E-state index is 5.23. The molecule has 374 valence electrons. The van der Waals surface area contributed by atoms with Crippen molar-refractivity contribution in [3.05, 3.63) is 317 Å². The van der Waals surface area contributed by atoms with Crippen LogP contribution in [0.2, 0.25) is 0 Å². The van der Waals surface area contributed by atoms with Gasteiger partial charge in [-0.05, 0) is 154 Å². The molecule has 0 aliphatic heterocycles. The van der Waals surface area contributed by atoms with E-state index in [-0.39, 0.29) is 0 Å². The number of imidazole rings is 1. The number of para-hydroxylation sites is 7. The number of pyridine rings is 1. The molecule has 0 saturated heterocycles. The van der Waals surface area contributed by atoms with E-state index in [9.17, 15) is 0 Å². The fourth-order valence-electron chi connectivity index (χ4n) is 10.1. The summed E-state index contributed by atoms with van der Waals surface area (Å²) >= 11 is 0. The zero-order chi connectivity index (χ0) is 53.0. The average Bonchev–Trinajstić information content (AvgIpc) is 4.14. The number of anilines is 2. The molecule has 78 heavy (non-hydrogen) atoms. The topological polar surface area (TPSA) is 47.7 Å². The van der Waals surface area contributed by atoms with E-state index in [1.165, 1.54) is 21.8 Å². The fraction of sp³-hybridized carbons (Fsp3) is 0.0137. The predicted molar refractivity (Wildman–Crippen MR) is 331 cm³/mol. The van der Waals surface area contributed by atoms with E-state index in [0.717, 1.165) is 102 Å². The monoisotopic (exact) mass is 1000 g/mol. The fourth-order valence-corrected chi connectivity index (χ4v) is 10.1. The first-order valence-corrected chi connectivity index (χ1v) is 26.2. The van der Waals surface area contributed by atoms with Crippen LogP contribution in [0.3, 0.4) is 0 Å². The molecule has 0 aliphatic rings. The van der Waals surface area contributed by atoms with Crippen LogP contribution in [0.1, 0.15) is 5.69 Å². The number of aromatic nitrogens is 4. The van der Waals surface area contributed by atoms with Crippen molar-refractivity contribution in [1.82, 2.24) is 19.1 Å². The van der Waals surface area contributed by atoms with Crippen LogP contribution in [-0.4, -0.2) is 19.1 Å². The van der Waals surface area contributed by atoms with Gasteiger partial charge in [-0.15, -0.1) is 6.58 Å². The maximum absolute atomic E-state index is 5.23. The molecule has 0 spiro atoms. The molecule has 0 radical (unpaired) electrons. The van der Waals surface area contributed by atoms with Crippen LogP contribution in [0.15, 0.2) is 311 Å². The molecule has 3 heterocycles. The van der Waals surface area contributed by atoms with Crippen molar-refractivity contribution in [1.29, 1.82) is 0 Å². The second-order valence-electron chi connectivity index (χ2n) is 18.8. The summed E-state index contributed by atoms with van der Waals surface area (Å²) in [6.45, 7) is 10.3. The van der Waals surface area contributed by atoms with Crippen molar-refractivity contribution >= 4 is 44.2 Å². The van der Waals surface area contributed by atoms with Gasteiger partial charge in [0.2, 0.25) is 0 Å². The number of fused-ring (bicyclic) bond motifs is 4. The predicted octanol–water partition coefficient (Wildman–Crippen LogP) is 19.4. The molecule has 0 aliphatic carbocycles. The first-order valence-electron chi connectivity index (χ1n) is 26.2. The third kappa shape index (κ3) is 10.8. The van der Waals surface area contributed by atoms with Crippen molar-refractivity contribution in [2.24, 2.45) is 0 Å². The lowest BCUT2D eigenvalue weighted by atomic mass is 9.91. The zero-order valence-electron chi connectivity index (χ0n) is 43.3. The summed E-state index contributed by atoms with van der Waals surface area (Å²) in [5.74, 6) is 0.909. The van der Waals surface area contributed by atoms with Gasteiger partial charge in [0.1, 0.15) is 5.82 Å². The van der Waals surface area contributed by atoms with Crippen LogP contribution in [0, 0.1) is 0 Å². The maximum Gasteiger partial charge on any atom is 0.145 e. The van der Waals surface area contributed by atoms with E-state index in [1.54, 1.807) is 18.3 Å². The number of allylic oxidation sites excluding steroid dienone is 3. The van der Waals surface area contributed by atoms with Crippen LogP contribution >= 0.6 is 0 Å². The van der Waals surface area contributed by atoms with Gasteiger partial charge in [0.15, 0.2) is 0 Å². The molecule has 13 rings (SSSR count). The Morgan fingerprint density at radius 2 is 0.910 bits per heavy atom. The summed E-state index contributed by atoms with van der Waals surface area (Å²) in [5.41, 5.74) is 20.0. The molecular weight excluding hydrogens is 947 g/mol. The van der Waals surface area contributed by atoms with Crippen molar-refractivity contribution in [2.75, 3.05) is 5.32 Å². The second-order valence-corrected chi connectivity index (χ2v) is 18.8.